The molecular weight excluding hydrogens is 368 g/mol. The van der Waals surface area contributed by atoms with E-state index in [9.17, 15) is 4.79 Å². The molecule has 3 rings (SSSR count). The van der Waals surface area contributed by atoms with E-state index in [0.717, 1.165) is 29.7 Å². The number of hydrogen-bond acceptors (Lipinski definition) is 3. The van der Waals surface area contributed by atoms with Crippen molar-refractivity contribution in [2.45, 2.75) is 38.3 Å². The second kappa shape index (κ2) is 7.94. The average Bonchev–Trinajstić information content (AvgIpc) is 3.20. The number of anilines is 1. The van der Waals surface area contributed by atoms with Crippen LogP contribution in [0.25, 0.3) is 0 Å². The number of halogens is 1. The van der Waals surface area contributed by atoms with Crippen molar-refractivity contribution in [3.8, 4) is 0 Å². The highest BCUT2D eigenvalue weighted by molar-refractivity contribution is 9.10. The Kier molecular flexibility index (Phi) is 5.68. The van der Waals surface area contributed by atoms with Crippen molar-refractivity contribution in [3.63, 3.8) is 0 Å². The van der Waals surface area contributed by atoms with E-state index in [-0.39, 0.29) is 5.91 Å². The zero-order valence-electron chi connectivity index (χ0n) is 13.9. The summed E-state index contributed by atoms with van der Waals surface area (Å²) in [7, 11) is 1.95. The Morgan fingerprint density at radius 1 is 1.29 bits per heavy atom. The summed E-state index contributed by atoms with van der Waals surface area (Å²) in [6, 6.07) is 10.5. The van der Waals surface area contributed by atoms with Gasteiger partial charge in [-0.25, -0.2) is 4.68 Å². The van der Waals surface area contributed by atoms with Crippen LogP contribution in [0.2, 0.25) is 0 Å². The molecule has 0 atom stereocenters. The van der Waals surface area contributed by atoms with Gasteiger partial charge in [-0.3, -0.25) is 9.69 Å². The second-order valence-electron chi connectivity index (χ2n) is 6.45. The molecule has 2 aromatic rings. The molecule has 0 aliphatic heterocycles. The van der Waals surface area contributed by atoms with Crippen LogP contribution >= 0.6 is 15.9 Å². The quantitative estimate of drug-likeness (QED) is 0.814. The van der Waals surface area contributed by atoms with Crippen LogP contribution in [-0.2, 0) is 11.3 Å². The van der Waals surface area contributed by atoms with E-state index < -0.39 is 0 Å². The predicted octanol–water partition coefficient (Wildman–Crippen LogP) is 3.83. The van der Waals surface area contributed by atoms with E-state index in [1.54, 1.807) is 6.20 Å². The summed E-state index contributed by atoms with van der Waals surface area (Å²) in [5.41, 5.74) is 1.18. The van der Waals surface area contributed by atoms with Gasteiger partial charge in [0.2, 0.25) is 5.91 Å². The van der Waals surface area contributed by atoms with Crippen LogP contribution in [0.15, 0.2) is 41.0 Å². The highest BCUT2D eigenvalue weighted by Crippen LogP contribution is 2.31. The van der Waals surface area contributed by atoms with Crippen LogP contribution in [0.4, 0.5) is 5.82 Å². The number of carbonyl (C=O) groups is 1. The summed E-state index contributed by atoms with van der Waals surface area (Å²) < 4.78 is 3.03. The van der Waals surface area contributed by atoms with Gasteiger partial charge < -0.3 is 5.32 Å². The lowest BCUT2D eigenvalue weighted by Gasteiger charge is -2.18. The topological polar surface area (TPSA) is 50.2 Å². The summed E-state index contributed by atoms with van der Waals surface area (Å²) in [5.74, 6) is 0.804. The molecule has 1 aliphatic rings. The molecule has 1 fully saturated rings. The van der Waals surface area contributed by atoms with Crippen LogP contribution in [0.1, 0.15) is 37.3 Å². The van der Waals surface area contributed by atoms with E-state index in [4.69, 9.17) is 0 Å². The van der Waals surface area contributed by atoms with Crippen LogP contribution in [0.3, 0.4) is 0 Å². The normalized spacial score (nSPS) is 15.1. The summed E-state index contributed by atoms with van der Waals surface area (Å²) in [6.07, 6.45) is 6.54. The number of carbonyl (C=O) groups excluding carboxylic acids is 1. The van der Waals surface area contributed by atoms with Gasteiger partial charge in [-0.2, -0.15) is 5.10 Å². The Morgan fingerprint density at radius 2 is 2.00 bits per heavy atom. The van der Waals surface area contributed by atoms with E-state index >= 15 is 0 Å². The van der Waals surface area contributed by atoms with Gasteiger partial charge in [0.05, 0.1) is 18.8 Å². The van der Waals surface area contributed by atoms with Gasteiger partial charge in [0, 0.05) is 17.1 Å². The molecule has 1 aliphatic carbocycles. The van der Waals surface area contributed by atoms with Crippen molar-refractivity contribution in [3.05, 3.63) is 46.6 Å². The lowest BCUT2D eigenvalue weighted by molar-refractivity contribution is -0.117. The van der Waals surface area contributed by atoms with Gasteiger partial charge in [0.1, 0.15) is 5.82 Å². The van der Waals surface area contributed by atoms with E-state index in [1.165, 1.54) is 18.4 Å². The van der Waals surface area contributed by atoms with E-state index in [2.05, 4.69) is 38.5 Å². The SMILES string of the molecule is CN(CC(=O)Nc1ccnn1C1CCCC1)Cc1ccc(Br)cc1. The van der Waals surface area contributed by atoms with Gasteiger partial charge in [-0.05, 0) is 37.6 Å². The maximum Gasteiger partial charge on any atom is 0.239 e. The standard InChI is InChI=1S/C18H23BrN4O/c1-22(12-14-6-8-15(19)9-7-14)13-18(24)21-17-10-11-20-23(17)16-4-2-3-5-16/h6-11,16H,2-5,12-13H2,1H3,(H,21,24). The van der Waals surface area contributed by atoms with Gasteiger partial charge in [-0.15, -0.1) is 0 Å². The zero-order chi connectivity index (χ0) is 16.9. The molecule has 1 heterocycles. The molecule has 1 aromatic heterocycles. The van der Waals surface area contributed by atoms with Crippen molar-refractivity contribution >= 4 is 27.7 Å². The monoisotopic (exact) mass is 390 g/mol. The van der Waals surface area contributed by atoms with Crippen molar-refractivity contribution in [1.82, 2.24) is 14.7 Å². The first-order chi connectivity index (χ1) is 11.6. The smallest absolute Gasteiger partial charge is 0.239 e. The number of benzene rings is 1. The Hall–Kier alpha value is -1.66. The Morgan fingerprint density at radius 3 is 2.71 bits per heavy atom. The van der Waals surface area contributed by atoms with Crippen LogP contribution in [0, 0.1) is 0 Å². The van der Waals surface area contributed by atoms with Crippen LogP contribution in [-0.4, -0.2) is 34.2 Å². The minimum atomic E-state index is -0.00522. The van der Waals surface area contributed by atoms with Gasteiger partial charge >= 0.3 is 0 Å². The number of hydrogen-bond donors (Lipinski definition) is 1. The molecule has 0 spiro atoms. The average molecular weight is 391 g/mol. The first-order valence-corrected chi connectivity index (χ1v) is 9.17. The van der Waals surface area contributed by atoms with Gasteiger partial charge in [0.15, 0.2) is 0 Å². The molecule has 1 saturated carbocycles. The third-order valence-corrected chi connectivity index (χ3v) is 4.92. The molecule has 0 saturated heterocycles. The van der Waals surface area contributed by atoms with Gasteiger partial charge in [-0.1, -0.05) is 40.9 Å². The van der Waals surface area contributed by atoms with Crippen molar-refractivity contribution in [2.24, 2.45) is 0 Å². The maximum absolute atomic E-state index is 12.3. The second-order valence-corrected chi connectivity index (χ2v) is 7.36. The van der Waals surface area contributed by atoms with E-state index in [0.29, 0.717) is 12.6 Å². The first-order valence-electron chi connectivity index (χ1n) is 8.38. The number of nitrogens with one attached hydrogen (secondary N) is 1. The Balaban J connectivity index is 1.53. The summed E-state index contributed by atoms with van der Waals surface area (Å²) in [4.78, 5) is 14.3. The molecule has 1 N–H and O–H groups in total. The molecule has 5 nitrogen and oxygen atoms in total. The number of likely N-dealkylation sites (N-methyl/N-ethyl adjacent to an activating group) is 1. The molecule has 0 unspecified atom stereocenters. The highest BCUT2D eigenvalue weighted by Gasteiger charge is 2.20. The summed E-state index contributed by atoms with van der Waals surface area (Å²) >= 11 is 3.43. The number of aromatic nitrogens is 2. The molecule has 1 amide bonds. The minimum absolute atomic E-state index is 0.00522. The molecule has 128 valence electrons. The fraction of sp³-hybridized carbons (Fsp3) is 0.444. The third-order valence-electron chi connectivity index (χ3n) is 4.39. The molecule has 1 aromatic carbocycles. The number of amides is 1. The molecule has 0 bridgehead atoms. The molecule has 24 heavy (non-hydrogen) atoms. The van der Waals surface area contributed by atoms with Gasteiger partial charge in [0.25, 0.3) is 0 Å². The molecule has 0 radical (unpaired) electrons. The zero-order valence-corrected chi connectivity index (χ0v) is 15.5. The fourth-order valence-electron chi connectivity index (χ4n) is 3.24. The summed E-state index contributed by atoms with van der Waals surface area (Å²) in [6.45, 7) is 1.09. The Bertz CT molecular complexity index is 677. The van der Waals surface area contributed by atoms with Crippen LogP contribution in [0.5, 0.6) is 0 Å². The van der Waals surface area contributed by atoms with Crippen molar-refractivity contribution in [1.29, 1.82) is 0 Å². The molecular formula is C18H23BrN4O. The van der Waals surface area contributed by atoms with E-state index in [1.807, 2.05) is 34.8 Å². The molecule has 6 heteroatoms. The van der Waals surface area contributed by atoms with Crippen molar-refractivity contribution in [2.75, 3.05) is 18.9 Å². The lowest BCUT2D eigenvalue weighted by atomic mass is 10.2. The highest BCUT2D eigenvalue weighted by atomic mass is 79.9. The fourth-order valence-corrected chi connectivity index (χ4v) is 3.50. The maximum atomic E-state index is 12.3. The third kappa shape index (κ3) is 4.45. The number of nitrogens with zero attached hydrogens (tertiary/aromatic N) is 3. The summed E-state index contributed by atoms with van der Waals surface area (Å²) in [5, 5.41) is 7.40. The largest absolute Gasteiger partial charge is 0.310 e. The Labute approximate surface area is 151 Å². The number of rotatable bonds is 6. The first kappa shape index (κ1) is 17.2. The predicted molar refractivity (Wildman–Crippen MR) is 98.8 cm³/mol. The minimum Gasteiger partial charge on any atom is -0.310 e. The van der Waals surface area contributed by atoms with Crippen LogP contribution < -0.4 is 5.32 Å². The van der Waals surface area contributed by atoms with Crippen molar-refractivity contribution < 1.29 is 4.79 Å². The lowest BCUT2D eigenvalue weighted by Crippen LogP contribution is -2.30.